The van der Waals surface area contributed by atoms with Gasteiger partial charge < -0.3 is 19.1 Å². The minimum absolute atomic E-state index is 0.0421. The lowest BCUT2D eigenvalue weighted by Crippen LogP contribution is -2.47. The van der Waals surface area contributed by atoms with Gasteiger partial charge in [-0.3, -0.25) is 0 Å². The second-order valence-corrected chi connectivity index (χ2v) is 6.51. The van der Waals surface area contributed by atoms with Gasteiger partial charge in [0.1, 0.15) is 6.61 Å². The molecule has 1 saturated heterocycles. The molecule has 7 nitrogen and oxygen atoms in total. The molecule has 0 bridgehead atoms. The summed E-state index contributed by atoms with van der Waals surface area (Å²) in [6.45, 7) is 0.608. The first kappa shape index (κ1) is 21.1. The van der Waals surface area contributed by atoms with E-state index in [9.17, 15) is 18.0 Å². The van der Waals surface area contributed by atoms with Crippen molar-refractivity contribution in [3.63, 3.8) is 0 Å². The SMILES string of the molecule is COC(=O)C1CN(c2ncc(OCc3c(Cl)cccc3C(F)(F)F)cn2)CCO1. The summed E-state index contributed by atoms with van der Waals surface area (Å²) in [6, 6.07) is 3.54. The zero-order chi connectivity index (χ0) is 21.0. The van der Waals surface area contributed by atoms with Crippen molar-refractivity contribution < 1.29 is 32.2 Å². The van der Waals surface area contributed by atoms with E-state index in [1.807, 2.05) is 0 Å². The van der Waals surface area contributed by atoms with E-state index >= 15 is 0 Å². The second-order valence-electron chi connectivity index (χ2n) is 6.10. The molecule has 0 spiro atoms. The molecule has 1 aliphatic heterocycles. The van der Waals surface area contributed by atoms with Crippen LogP contribution in [0.15, 0.2) is 30.6 Å². The van der Waals surface area contributed by atoms with Crippen LogP contribution in [0.1, 0.15) is 11.1 Å². The van der Waals surface area contributed by atoms with Gasteiger partial charge in [-0.2, -0.15) is 13.2 Å². The van der Waals surface area contributed by atoms with Crippen LogP contribution in [0, 0.1) is 0 Å². The first-order chi connectivity index (χ1) is 13.8. The first-order valence-electron chi connectivity index (χ1n) is 8.53. The maximum Gasteiger partial charge on any atom is 0.416 e. The number of morpholine rings is 1. The second kappa shape index (κ2) is 8.83. The molecule has 2 aromatic rings. The number of hydrogen-bond donors (Lipinski definition) is 0. The Morgan fingerprint density at radius 2 is 2.07 bits per heavy atom. The zero-order valence-electron chi connectivity index (χ0n) is 15.3. The van der Waals surface area contributed by atoms with Gasteiger partial charge in [0.25, 0.3) is 0 Å². The fourth-order valence-corrected chi connectivity index (χ4v) is 3.01. The maximum absolute atomic E-state index is 13.1. The van der Waals surface area contributed by atoms with Gasteiger partial charge in [-0.1, -0.05) is 17.7 Å². The number of halogens is 4. The summed E-state index contributed by atoms with van der Waals surface area (Å²) >= 11 is 5.91. The van der Waals surface area contributed by atoms with Crippen molar-refractivity contribution in [2.45, 2.75) is 18.9 Å². The van der Waals surface area contributed by atoms with Crippen molar-refractivity contribution in [3.05, 3.63) is 46.7 Å². The van der Waals surface area contributed by atoms with Gasteiger partial charge in [-0.15, -0.1) is 0 Å². The number of esters is 1. The minimum Gasteiger partial charge on any atom is -0.486 e. The molecular weight excluding hydrogens is 415 g/mol. The Bertz CT molecular complexity index is 864. The van der Waals surface area contributed by atoms with E-state index in [4.69, 9.17) is 21.1 Å². The van der Waals surface area contributed by atoms with Crippen molar-refractivity contribution >= 4 is 23.5 Å². The van der Waals surface area contributed by atoms with Crippen LogP contribution in [-0.2, 0) is 27.1 Å². The normalized spacial score (nSPS) is 17.1. The summed E-state index contributed by atoms with van der Waals surface area (Å²) in [7, 11) is 1.27. The Morgan fingerprint density at radius 3 is 2.72 bits per heavy atom. The number of alkyl halides is 3. The summed E-state index contributed by atoms with van der Waals surface area (Å²) < 4.78 is 54.8. The quantitative estimate of drug-likeness (QED) is 0.673. The molecule has 0 aliphatic carbocycles. The third-order valence-corrected chi connectivity index (χ3v) is 4.59. The summed E-state index contributed by atoms with van der Waals surface area (Å²) in [5.41, 5.74) is -1.02. The van der Waals surface area contributed by atoms with E-state index in [1.54, 1.807) is 4.90 Å². The van der Waals surface area contributed by atoms with Crippen LogP contribution in [0.25, 0.3) is 0 Å². The molecule has 0 saturated carbocycles. The molecule has 3 rings (SSSR count). The summed E-state index contributed by atoms with van der Waals surface area (Å²) in [4.78, 5) is 21.7. The molecule has 1 unspecified atom stereocenters. The molecular formula is C18H17ClF3N3O4. The summed E-state index contributed by atoms with van der Waals surface area (Å²) in [6.07, 6.45) is -2.60. The van der Waals surface area contributed by atoms with Crippen molar-refractivity contribution in [1.82, 2.24) is 9.97 Å². The summed E-state index contributed by atoms with van der Waals surface area (Å²) in [5, 5.41) is -0.0421. The number of nitrogens with zero attached hydrogens (tertiary/aromatic N) is 3. The lowest BCUT2D eigenvalue weighted by atomic mass is 10.1. The van der Waals surface area contributed by atoms with E-state index in [0.29, 0.717) is 19.1 Å². The highest BCUT2D eigenvalue weighted by Gasteiger charge is 2.34. The number of carbonyl (C=O) groups is 1. The molecule has 0 radical (unpaired) electrons. The van der Waals surface area contributed by atoms with Crippen LogP contribution in [0.5, 0.6) is 5.75 Å². The number of anilines is 1. The fraction of sp³-hybridized carbons (Fsp3) is 0.389. The average molecular weight is 432 g/mol. The predicted octanol–water partition coefficient (Wildman–Crippen LogP) is 3.11. The molecule has 1 aromatic heterocycles. The number of rotatable bonds is 5. The molecule has 0 amide bonds. The van der Waals surface area contributed by atoms with Crippen molar-refractivity contribution in [2.75, 3.05) is 31.7 Å². The van der Waals surface area contributed by atoms with Crippen molar-refractivity contribution in [3.8, 4) is 5.75 Å². The Labute approximate surface area is 169 Å². The smallest absolute Gasteiger partial charge is 0.416 e. The molecule has 11 heteroatoms. The number of methoxy groups -OCH3 is 1. The Kier molecular flexibility index (Phi) is 6.43. The molecule has 1 atom stereocenters. The number of aromatic nitrogens is 2. The van der Waals surface area contributed by atoms with Gasteiger partial charge in [0, 0.05) is 17.1 Å². The highest BCUT2D eigenvalue weighted by Crippen LogP contribution is 2.35. The Hall–Kier alpha value is -2.59. The molecule has 1 aliphatic rings. The van der Waals surface area contributed by atoms with E-state index in [0.717, 1.165) is 6.07 Å². The molecule has 2 heterocycles. The molecule has 1 fully saturated rings. The molecule has 0 N–H and O–H groups in total. The highest BCUT2D eigenvalue weighted by atomic mass is 35.5. The topological polar surface area (TPSA) is 73.8 Å². The third kappa shape index (κ3) is 5.07. The standard InChI is InChI=1S/C18H17ClF3N3O4/c1-27-16(26)15-9-25(5-6-28-15)17-23-7-11(8-24-17)29-10-12-13(18(20,21)22)3-2-4-14(12)19/h2-4,7-8,15H,5-6,9-10H2,1H3. The monoisotopic (exact) mass is 431 g/mol. The van der Waals surface area contributed by atoms with E-state index in [-0.39, 0.29) is 29.5 Å². The van der Waals surface area contributed by atoms with Gasteiger partial charge in [0.2, 0.25) is 5.95 Å². The number of benzene rings is 1. The molecule has 156 valence electrons. The number of carbonyl (C=O) groups excluding carboxylic acids is 1. The third-order valence-electron chi connectivity index (χ3n) is 4.24. The largest absolute Gasteiger partial charge is 0.486 e. The zero-order valence-corrected chi connectivity index (χ0v) is 16.0. The van der Waals surface area contributed by atoms with Crippen LogP contribution in [0.2, 0.25) is 5.02 Å². The van der Waals surface area contributed by atoms with Crippen LogP contribution >= 0.6 is 11.6 Å². The lowest BCUT2D eigenvalue weighted by Gasteiger charge is -2.31. The molecule has 29 heavy (non-hydrogen) atoms. The van der Waals surface area contributed by atoms with Crippen LogP contribution in [0.4, 0.5) is 19.1 Å². The number of hydrogen-bond acceptors (Lipinski definition) is 7. The fourth-order valence-electron chi connectivity index (χ4n) is 2.78. The molecule has 1 aromatic carbocycles. The van der Waals surface area contributed by atoms with Gasteiger partial charge >= 0.3 is 12.1 Å². The van der Waals surface area contributed by atoms with E-state index in [1.165, 1.54) is 31.6 Å². The number of ether oxygens (including phenoxy) is 3. The minimum atomic E-state index is -4.55. The van der Waals surface area contributed by atoms with Gasteiger partial charge in [-0.25, -0.2) is 14.8 Å². The van der Waals surface area contributed by atoms with Gasteiger partial charge in [0.05, 0.1) is 38.2 Å². The Balaban J connectivity index is 1.67. The van der Waals surface area contributed by atoms with E-state index < -0.39 is 23.8 Å². The van der Waals surface area contributed by atoms with Crippen LogP contribution in [0.3, 0.4) is 0 Å². The predicted molar refractivity (Wildman–Crippen MR) is 96.8 cm³/mol. The van der Waals surface area contributed by atoms with Crippen LogP contribution in [-0.4, -0.2) is 48.8 Å². The van der Waals surface area contributed by atoms with Crippen molar-refractivity contribution in [2.24, 2.45) is 0 Å². The lowest BCUT2D eigenvalue weighted by molar-refractivity contribution is -0.154. The summed E-state index contributed by atoms with van der Waals surface area (Å²) in [5.74, 6) is 0.0257. The maximum atomic E-state index is 13.1. The average Bonchev–Trinajstić information content (AvgIpc) is 2.72. The van der Waals surface area contributed by atoms with Crippen molar-refractivity contribution in [1.29, 1.82) is 0 Å². The van der Waals surface area contributed by atoms with E-state index in [2.05, 4.69) is 14.7 Å². The van der Waals surface area contributed by atoms with Gasteiger partial charge in [0.15, 0.2) is 11.9 Å². The first-order valence-corrected chi connectivity index (χ1v) is 8.91. The van der Waals surface area contributed by atoms with Crippen LogP contribution < -0.4 is 9.64 Å². The van der Waals surface area contributed by atoms with Gasteiger partial charge in [-0.05, 0) is 12.1 Å². The highest BCUT2D eigenvalue weighted by molar-refractivity contribution is 6.31. The Morgan fingerprint density at radius 1 is 1.34 bits per heavy atom.